The van der Waals surface area contributed by atoms with Gasteiger partial charge >= 0.3 is 0 Å². The fourth-order valence-corrected chi connectivity index (χ4v) is 1.70. The third kappa shape index (κ3) is 2.87. The van der Waals surface area contributed by atoms with Crippen LogP contribution >= 0.6 is 0 Å². The maximum absolute atomic E-state index is 4.54. The number of guanidine groups is 1. The Labute approximate surface area is 87.2 Å². The van der Waals surface area contributed by atoms with Gasteiger partial charge in [-0.3, -0.25) is 4.90 Å². The molecule has 0 spiro atoms. The summed E-state index contributed by atoms with van der Waals surface area (Å²) < 4.78 is 0. The van der Waals surface area contributed by atoms with Gasteiger partial charge in [-0.2, -0.15) is 0 Å². The second-order valence-corrected chi connectivity index (χ2v) is 4.08. The molecule has 14 heavy (non-hydrogen) atoms. The maximum Gasteiger partial charge on any atom is 0.198 e. The summed E-state index contributed by atoms with van der Waals surface area (Å²) in [5.41, 5.74) is 0. The van der Waals surface area contributed by atoms with E-state index < -0.39 is 0 Å². The quantitative estimate of drug-likeness (QED) is 0.671. The molecule has 0 atom stereocenters. The lowest BCUT2D eigenvalue weighted by Gasteiger charge is -2.35. The molecule has 0 fully saturated rings. The minimum absolute atomic E-state index is 0.845. The highest BCUT2D eigenvalue weighted by Gasteiger charge is 2.17. The van der Waals surface area contributed by atoms with Crippen LogP contribution in [0, 0.1) is 0 Å². The van der Waals surface area contributed by atoms with E-state index in [0.29, 0.717) is 0 Å². The molecule has 0 bridgehead atoms. The summed E-state index contributed by atoms with van der Waals surface area (Å²) in [5.74, 6) is 1.08. The first-order chi connectivity index (χ1) is 6.65. The van der Waals surface area contributed by atoms with Gasteiger partial charge in [0.15, 0.2) is 5.96 Å². The molecule has 4 nitrogen and oxygen atoms in total. The predicted molar refractivity (Wildman–Crippen MR) is 60.2 cm³/mol. The summed E-state index contributed by atoms with van der Waals surface area (Å²) >= 11 is 0. The van der Waals surface area contributed by atoms with Crippen LogP contribution in [-0.2, 0) is 0 Å². The minimum Gasteiger partial charge on any atom is -0.349 e. The molecule has 0 N–H and O–H groups in total. The van der Waals surface area contributed by atoms with E-state index in [-0.39, 0.29) is 0 Å². The second-order valence-electron chi connectivity index (χ2n) is 4.08. The van der Waals surface area contributed by atoms with Crippen LogP contribution in [0.1, 0.15) is 19.8 Å². The number of hydrogen-bond donors (Lipinski definition) is 0. The molecule has 82 valence electrons. The van der Waals surface area contributed by atoms with Crippen LogP contribution in [0.4, 0.5) is 0 Å². The summed E-state index contributed by atoms with van der Waals surface area (Å²) in [5, 5.41) is 0. The molecule has 0 saturated heterocycles. The number of unbranched alkanes of at least 4 members (excludes halogenated alkanes) is 1. The van der Waals surface area contributed by atoms with Crippen molar-refractivity contribution < 1.29 is 0 Å². The van der Waals surface area contributed by atoms with E-state index in [0.717, 1.165) is 25.8 Å². The topological polar surface area (TPSA) is 22.1 Å². The van der Waals surface area contributed by atoms with Crippen molar-refractivity contribution in [1.29, 1.82) is 0 Å². The molecule has 1 aliphatic rings. The second kappa shape index (κ2) is 5.20. The van der Waals surface area contributed by atoms with Gasteiger partial charge < -0.3 is 9.80 Å². The molecule has 4 heteroatoms. The van der Waals surface area contributed by atoms with Crippen LogP contribution in [0.15, 0.2) is 4.99 Å². The summed E-state index contributed by atoms with van der Waals surface area (Å²) in [6.07, 6.45) is 2.52. The number of aliphatic imine (C=N–C) groups is 1. The van der Waals surface area contributed by atoms with Gasteiger partial charge in [-0.1, -0.05) is 13.3 Å². The standard InChI is InChI=1S/C10H22N4/c1-5-6-7-14-8-11-10(12(2)3)13(4)9-14/h5-9H2,1-4H3. The number of rotatable bonds is 3. The van der Waals surface area contributed by atoms with Crippen LogP contribution < -0.4 is 0 Å². The van der Waals surface area contributed by atoms with Gasteiger partial charge in [0.05, 0.1) is 13.3 Å². The molecule has 1 rings (SSSR count). The summed E-state index contributed by atoms with van der Waals surface area (Å²) in [4.78, 5) is 11.2. The third-order valence-corrected chi connectivity index (χ3v) is 2.39. The zero-order valence-electron chi connectivity index (χ0n) is 9.82. The number of nitrogens with zero attached hydrogens (tertiary/aromatic N) is 4. The van der Waals surface area contributed by atoms with E-state index in [4.69, 9.17) is 0 Å². The molecule has 0 aromatic rings. The van der Waals surface area contributed by atoms with Gasteiger partial charge in [0.1, 0.15) is 0 Å². The van der Waals surface area contributed by atoms with Crippen molar-refractivity contribution in [2.24, 2.45) is 4.99 Å². The average molecular weight is 198 g/mol. The first kappa shape index (κ1) is 11.3. The average Bonchev–Trinajstić information content (AvgIpc) is 2.14. The van der Waals surface area contributed by atoms with Crippen LogP contribution in [-0.4, -0.2) is 61.7 Å². The van der Waals surface area contributed by atoms with Crippen molar-refractivity contribution in [3.63, 3.8) is 0 Å². The van der Waals surface area contributed by atoms with Crippen LogP contribution in [0.5, 0.6) is 0 Å². The summed E-state index contributed by atoms with van der Waals surface area (Å²) in [6.45, 7) is 5.22. The highest BCUT2D eigenvalue weighted by atomic mass is 15.5. The van der Waals surface area contributed by atoms with E-state index in [1.165, 1.54) is 12.8 Å². The molecule has 0 aliphatic carbocycles. The van der Waals surface area contributed by atoms with Crippen molar-refractivity contribution in [2.45, 2.75) is 19.8 Å². The Kier molecular flexibility index (Phi) is 4.20. The maximum atomic E-state index is 4.54. The Morgan fingerprint density at radius 2 is 2.14 bits per heavy atom. The first-order valence-electron chi connectivity index (χ1n) is 5.30. The minimum atomic E-state index is 0.845. The van der Waals surface area contributed by atoms with Gasteiger partial charge in [0.2, 0.25) is 0 Å². The van der Waals surface area contributed by atoms with Crippen LogP contribution in [0.2, 0.25) is 0 Å². The fraction of sp³-hybridized carbons (Fsp3) is 0.900. The van der Waals surface area contributed by atoms with Gasteiger partial charge in [-0.05, 0) is 6.42 Å². The number of hydrogen-bond acceptors (Lipinski definition) is 4. The molecule has 1 heterocycles. The van der Waals surface area contributed by atoms with E-state index in [1.54, 1.807) is 0 Å². The van der Waals surface area contributed by atoms with Gasteiger partial charge in [-0.25, -0.2) is 4.99 Å². The molecule has 0 aromatic carbocycles. The molecule has 0 unspecified atom stereocenters. The Balaban J connectivity index is 2.45. The Hall–Kier alpha value is -0.770. The normalized spacial score (nSPS) is 18.3. The molecule has 0 aromatic heterocycles. The lowest BCUT2D eigenvalue weighted by molar-refractivity contribution is 0.175. The van der Waals surface area contributed by atoms with Crippen molar-refractivity contribution >= 4 is 5.96 Å². The van der Waals surface area contributed by atoms with Crippen molar-refractivity contribution in [1.82, 2.24) is 14.7 Å². The smallest absolute Gasteiger partial charge is 0.198 e. The molecule has 1 aliphatic heterocycles. The molecule has 0 radical (unpaired) electrons. The van der Waals surface area contributed by atoms with E-state index in [1.807, 2.05) is 14.1 Å². The monoisotopic (exact) mass is 198 g/mol. The zero-order chi connectivity index (χ0) is 10.6. The first-order valence-corrected chi connectivity index (χ1v) is 5.30. The molecular weight excluding hydrogens is 176 g/mol. The summed E-state index contributed by atoms with van der Waals surface area (Å²) in [7, 11) is 6.17. The highest BCUT2D eigenvalue weighted by Crippen LogP contribution is 2.05. The molecular formula is C10H22N4. The predicted octanol–water partition coefficient (Wildman–Crippen LogP) is 0.867. The van der Waals surface area contributed by atoms with Gasteiger partial charge in [0.25, 0.3) is 0 Å². The Bertz CT molecular complexity index is 200. The van der Waals surface area contributed by atoms with Crippen LogP contribution in [0.3, 0.4) is 0 Å². The van der Waals surface area contributed by atoms with E-state index in [2.05, 4.69) is 33.7 Å². The Morgan fingerprint density at radius 3 is 2.64 bits per heavy atom. The fourth-order valence-electron chi connectivity index (χ4n) is 1.70. The van der Waals surface area contributed by atoms with Crippen molar-refractivity contribution in [3.05, 3.63) is 0 Å². The zero-order valence-corrected chi connectivity index (χ0v) is 9.82. The lowest BCUT2D eigenvalue weighted by atomic mass is 10.3. The highest BCUT2D eigenvalue weighted by molar-refractivity contribution is 5.79. The van der Waals surface area contributed by atoms with Crippen molar-refractivity contribution in [3.8, 4) is 0 Å². The van der Waals surface area contributed by atoms with Crippen LogP contribution in [0.25, 0.3) is 0 Å². The molecule has 0 amide bonds. The van der Waals surface area contributed by atoms with Gasteiger partial charge in [0, 0.05) is 27.7 Å². The van der Waals surface area contributed by atoms with E-state index in [9.17, 15) is 0 Å². The Morgan fingerprint density at radius 1 is 1.43 bits per heavy atom. The van der Waals surface area contributed by atoms with E-state index >= 15 is 0 Å². The summed E-state index contributed by atoms with van der Waals surface area (Å²) in [6, 6.07) is 0. The SMILES string of the molecule is CCCCN1CN=C(N(C)C)N(C)C1. The lowest BCUT2D eigenvalue weighted by Crippen LogP contribution is -2.49. The molecule has 0 saturated carbocycles. The van der Waals surface area contributed by atoms with Crippen molar-refractivity contribution in [2.75, 3.05) is 41.0 Å². The largest absolute Gasteiger partial charge is 0.349 e. The third-order valence-electron chi connectivity index (χ3n) is 2.39. The van der Waals surface area contributed by atoms with Gasteiger partial charge in [-0.15, -0.1) is 0 Å².